The number of carboxylic acid groups (broad SMARTS) is 1. The van der Waals surface area contributed by atoms with Gasteiger partial charge in [0.25, 0.3) is 5.91 Å². The smallest absolute Gasteiger partial charge is 0.335 e. The van der Waals surface area contributed by atoms with E-state index in [2.05, 4.69) is 0 Å². The van der Waals surface area contributed by atoms with Gasteiger partial charge in [0.1, 0.15) is 5.82 Å². The summed E-state index contributed by atoms with van der Waals surface area (Å²) in [5.41, 5.74) is -0.239. The highest BCUT2D eigenvalue weighted by Crippen LogP contribution is 2.31. The summed E-state index contributed by atoms with van der Waals surface area (Å²) >= 11 is 0. The first-order valence-corrected chi connectivity index (χ1v) is 7.03. The number of fused-ring (bicyclic) bond motifs is 1. The first-order chi connectivity index (χ1) is 10.1. The van der Waals surface area contributed by atoms with E-state index in [4.69, 9.17) is 9.84 Å². The van der Waals surface area contributed by atoms with E-state index in [1.165, 1.54) is 12.1 Å². The summed E-state index contributed by atoms with van der Waals surface area (Å²) in [6, 6.07) is 3.40. The van der Waals surface area contributed by atoms with Crippen LogP contribution in [0.3, 0.4) is 0 Å². The quantitative estimate of drug-likeness (QED) is 0.904. The van der Waals surface area contributed by atoms with Gasteiger partial charge in [-0.25, -0.2) is 9.18 Å². The Kier molecular flexibility index (Phi) is 3.63. The van der Waals surface area contributed by atoms with Crippen molar-refractivity contribution in [1.29, 1.82) is 0 Å². The van der Waals surface area contributed by atoms with Crippen LogP contribution in [0.15, 0.2) is 18.2 Å². The molecule has 1 aromatic carbocycles. The van der Waals surface area contributed by atoms with Crippen molar-refractivity contribution >= 4 is 11.9 Å². The minimum absolute atomic E-state index is 0.00444. The maximum atomic E-state index is 14.0. The van der Waals surface area contributed by atoms with Gasteiger partial charge in [0.05, 0.1) is 29.9 Å². The standard InChI is InChI=1S/C15H16FNO4/c16-11-8-9(15(19)20)4-5-10(11)14(18)17-6-7-21-13-3-1-2-12(13)17/h4-5,8,12-13H,1-3,6-7H2,(H,19,20). The Balaban J connectivity index is 1.86. The third-order valence-electron chi connectivity index (χ3n) is 4.19. The number of benzene rings is 1. The third-order valence-corrected chi connectivity index (χ3v) is 4.19. The molecule has 0 radical (unpaired) electrons. The van der Waals surface area contributed by atoms with Crippen molar-refractivity contribution in [3.63, 3.8) is 0 Å². The van der Waals surface area contributed by atoms with E-state index < -0.39 is 11.8 Å². The number of hydrogen-bond acceptors (Lipinski definition) is 3. The van der Waals surface area contributed by atoms with Crippen LogP contribution in [0.4, 0.5) is 4.39 Å². The van der Waals surface area contributed by atoms with Crippen molar-refractivity contribution in [2.45, 2.75) is 31.4 Å². The molecule has 21 heavy (non-hydrogen) atoms. The lowest BCUT2D eigenvalue weighted by Crippen LogP contribution is -2.51. The molecule has 0 aromatic heterocycles. The molecule has 1 amide bonds. The Morgan fingerprint density at radius 3 is 2.86 bits per heavy atom. The van der Waals surface area contributed by atoms with Crippen LogP contribution in [0.25, 0.3) is 0 Å². The fourth-order valence-electron chi connectivity index (χ4n) is 3.15. The van der Waals surface area contributed by atoms with Crippen molar-refractivity contribution in [2.24, 2.45) is 0 Å². The molecule has 2 unspecified atom stereocenters. The SMILES string of the molecule is O=C(O)c1ccc(C(=O)N2CCOC3CCCC32)c(F)c1. The van der Waals surface area contributed by atoms with Gasteiger partial charge in [-0.2, -0.15) is 0 Å². The molecule has 3 rings (SSSR count). The number of halogens is 1. The van der Waals surface area contributed by atoms with Gasteiger partial charge in [0, 0.05) is 6.54 Å². The second-order valence-corrected chi connectivity index (χ2v) is 5.41. The van der Waals surface area contributed by atoms with Crippen LogP contribution in [0.1, 0.15) is 40.0 Å². The zero-order chi connectivity index (χ0) is 15.0. The van der Waals surface area contributed by atoms with Crippen molar-refractivity contribution in [3.8, 4) is 0 Å². The van der Waals surface area contributed by atoms with E-state index in [1.807, 2.05) is 0 Å². The Labute approximate surface area is 121 Å². The lowest BCUT2D eigenvalue weighted by atomic mass is 10.1. The Bertz CT molecular complexity index is 589. The minimum atomic E-state index is -1.21. The van der Waals surface area contributed by atoms with Crippen LogP contribution in [-0.4, -0.2) is 47.2 Å². The summed E-state index contributed by atoms with van der Waals surface area (Å²) in [6.07, 6.45) is 2.84. The number of hydrogen-bond donors (Lipinski definition) is 1. The van der Waals surface area contributed by atoms with Crippen molar-refractivity contribution in [3.05, 3.63) is 35.1 Å². The van der Waals surface area contributed by atoms with Crippen LogP contribution in [-0.2, 0) is 4.74 Å². The van der Waals surface area contributed by atoms with Gasteiger partial charge in [-0.3, -0.25) is 4.79 Å². The molecule has 1 heterocycles. The first-order valence-electron chi connectivity index (χ1n) is 7.03. The molecular weight excluding hydrogens is 277 g/mol. The number of carbonyl (C=O) groups excluding carboxylic acids is 1. The summed E-state index contributed by atoms with van der Waals surface area (Å²) < 4.78 is 19.7. The minimum Gasteiger partial charge on any atom is -0.478 e. The predicted molar refractivity (Wildman–Crippen MR) is 71.8 cm³/mol. The van der Waals surface area contributed by atoms with E-state index in [9.17, 15) is 14.0 Å². The molecule has 0 bridgehead atoms. The molecule has 1 aliphatic heterocycles. The summed E-state index contributed by atoms with van der Waals surface area (Å²) in [4.78, 5) is 25.0. The van der Waals surface area contributed by atoms with Crippen LogP contribution < -0.4 is 0 Å². The molecule has 2 aliphatic rings. The first kappa shape index (κ1) is 14.0. The number of morpholine rings is 1. The number of rotatable bonds is 2. The third kappa shape index (κ3) is 2.51. The Hall–Kier alpha value is -1.95. The topological polar surface area (TPSA) is 66.8 Å². The van der Waals surface area contributed by atoms with Gasteiger partial charge < -0.3 is 14.7 Å². The van der Waals surface area contributed by atoms with Crippen LogP contribution in [0.2, 0.25) is 0 Å². The van der Waals surface area contributed by atoms with Gasteiger partial charge in [-0.1, -0.05) is 0 Å². The summed E-state index contributed by atoms with van der Waals surface area (Å²) in [5, 5.41) is 8.83. The summed E-state index contributed by atoms with van der Waals surface area (Å²) in [5.74, 6) is -2.39. The van der Waals surface area contributed by atoms with Crippen LogP contribution >= 0.6 is 0 Å². The number of carboxylic acids is 1. The molecule has 6 heteroatoms. The number of amides is 1. The average Bonchev–Trinajstić information content (AvgIpc) is 2.94. The highest BCUT2D eigenvalue weighted by Gasteiger charge is 2.39. The highest BCUT2D eigenvalue weighted by molar-refractivity contribution is 5.96. The number of ether oxygens (including phenoxy) is 1. The van der Waals surface area contributed by atoms with Gasteiger partial charge in [-0.15, -0.1) is 0 Å². The monoisotopic (exact) mass is 293 g/mol. The molecular formula is C15H16FNO4. The molecule has 112 valence electrons. The van der Waals surface area contributed by atoms with Gasteiger partial charge >= 0.3 is 5.97 Å². The second-order valence-electron chi connectivity index (χ2n) is 5.41. The van der Waals surface area contributed by atoms with Gasteiger partial charge in [0.2, 0.25) is 0 Å². The van der Waals surface area contributed by atoms with Crippen LogP contribution in [0, 0.1) is 5.82 Å². The number of carbonyl (C=O) groups is 2. The van der Waals surface area contributed by atoms with E-state index in [1.54, 1.807) is 4.90 Å². The molecule has 1 aliphatic carbocycles. The van der Waals surface area contributed by atoms with E-state index in [-0.39, 0.29) is 29.2 Å². The normalized spacial score (nSPS) is 24.7. The summed E-state index contributed by atoms with van der Waals surface area (Å²) in [6.45, 7) is 0.905. The molecule has 5 nitrogen and oxygen atoms in total. The lowest BCUT2D eigenvalue weighted by molar-refractivity contribution is -0.0446. The fraction of sp³-hybridized carbons (Fsp3) is 0.467. The molecule has 1 saturated carbocycles. The maximum Gasteiger partial charge on any atom is 0.335 e. The Morgan fingerprint density at radius 1 is 1.33 bits per heavy atom. The molecule has 1 saturated heterocycles. The highest BCUT2D eigenvalue weighted by atomic mass is 19.1. The molecule has 2 fully saturated rings. The van der Waals surface area contributed by atoms with E-state index >= 15 is 0 Å². The van der Waals surface area contributed by atoms with Gasteiger partial charge in [-0.05, 0) is 37.5 Å². The average molecular weight is 293 g/mol. The second kappa shape index (κ2) is 5.44. The van der Waals surface area contributed by atoms with Crippen molar-refractivity contribution in [2.75, 3.05) is 13.2 Å². The predicted octanol–water partition coefficient (Wildman–Crippen LogP) is 1.92. The number of nitrogens with zero attached hydrogens (tertiary/aromatic N) is 1. The largest absolute Gasteiger partial charge is 0.478 e. The van der Waals surface area contributed by atoms with E-state index in [0.717, 1.165) is 25.3 Å². The maximum absolute atomic E-state index is 14.0. The van der Waals surface area contributed by atoms with Crippen molar-refractivity contribution < 1.29 is 23.8 Å². The Morgan fingerprint density at radius 2 is 2.14 bits per heavy atom. The molecule has 0 spiro atoms. The van der Waals surface area contributed by atoms with E-state index in [0.29, 0.717) is 13.2 Å². The molecule has 1 aromatic rings. The number of aromatic carboxylic acids is 1. The zero-order valence-electron chi connectivity index (χ0n) is 11.4. The zero-order valence-corrected chi connectivity index (χ0v) is 11.4. The molecule has 2 atom stereocenters. The van der Waals surface area contributed by atoms with Crippen LogP contribution in [0.5, 0.6) is 0 Å². The fourth-order valence-corrected chi connectivity index (χ4v) is 3.15. The lowest BCUT2D eigenvalue weighted by Gasteiger charge is -2.37. The van der Waals surface area contributed by atoms with Gasteiger partial charge in [0.15, 0.2) is 0 Å². The molecule has 1 N–H and O–H groups in total. The van der Waals surface area contributed by atoms with Crippen molar-refractivity contribution in [1.82, 2.24) is 4.90 Å². The summed E-state index contributed by atoms with van der Waals surface area (Å²) in [7, 11) is 0.